The summed E-state index contributed by atoms with van der Waals surface area (Å²) in [5.41, 5.74) is 5.73. The van der Waals surface area contributed by atoms with Gasteiger partial charge < -0.3 is 24.2 Å². The molecule has 2 atom stereocenters. The van der Waals surface area contributed by atoms with Gasteiger partial charge in [0, 0.05) is 47.9 Å². The summed E-state index contributed by atoms with van der Waals surface area (Å²) in [6.07, 6.45) is 3.37. The number of nitrogens with one attached hydrogen (secondary N) is 2. The zero-order valence-corrected chi connectivity index (χ0v) is 22.4. The van der Waals surface area contributed by atoms with Crippen LogP contribution in [-0.4, -0.2) is 38.3 Å². The number of amides is 1. The number of fused-ring (bicyclic) bond motifs is 4. The summed E-state index contributed by atoms with van der Waals surface area (Å²) in [7, 11) is 3.22. The average Bonchev–Trinajstić information content (AvgIpc) is 3.33. The van der Waals surface area contributed by atoms with Crippen molar-refractivity contribution in [1.29, 1.82) is 0 Å². The van der Waals surface area contributed by atoms with Gasteiger partial charge in [-0.2, -0.15) is 0 Å². The first-order valence-corrected chi connectivity index (χ1v) is 13.6. The number of ether oxygens (including phenoxy) is 1. The Bertz CT molecular complexity index is 1290. The van der Waals surface area contributed by atoms with Crippen molar-refractivity contribution in [2.45, 2.75) is 50.3 Å². The fourth-order valence-corrected chi connectivity index (χ4v) is 6.10. The monoisotopic (exact) mass is 506 g/mol. The van der Waals surface area contributed by atoms with E-state index in [1.54, 1.807) is 26.3 Å². The van der Waals surface area contributed by atoms with E-state index in [0.717, 1.165) is 41.5 Å². The van der Waals surface area contributed by atoms with E-state index in [1.165, 1.54) is 41.6 Å². The van der Waals surface area contributed by atoms with Crippen LogP contribution >= 0.6 is 11.9 Å². The molecule has 3 aliphatic rings. The zero-order chi connectivity index (χ0) is 25.4. The molecule has 0 bridgehead atoms. The van der Waals surface area contributed by atoms with Crippen LogP contribution in [0.4, 0.5) is 11.5 Å². The smallest absolute Gasteiger partial charge is 0.251 e. The van der Waals surface area contributed by atoms with Gasteiger partial charge in [0.15, 0.2) is 11.6 Å². The van der Waals surface area contributed by atoms with Gasteiger partial charge in [-0.15, -0.1) is 0 Å². The molecule has 2 unspecified atom stereocenters. The van der Waals surface area contributed by atoms with Gasteiger partial charge in [-0.25, -0.2) is 0 Å². The van der Waals surface area contributed by atoms with Gasteiger partial charge in [-0.1, -0.05) is 32.0 Å². The van der Waals surface area contributed by atoms with Crippen molar-refractivity contribution in [2.24, 2.45) is 5.92 Å². The molecular formula is C28H34N4O3S. The van der Waals surface area contributed by atoms with E-state index in [9.17, 15) is 4.79 Å². The van der Waals surface area contributed by atoms with Crippen LogP contribution in [0.2, 0.25) is 0 Å². The topological polar surface area (TPSA) is 79.6 Å². The van der Waals surface area contributed by atoms with Crippen molar-refractivity contribution in [3.63, 3.8) is 0 Å². The third kappa shape index (κ3) is 4.01. The number of methoxy groups -OCH3 is 1. The first-order chi connectivity index (χ1) is 17.5. The minimum atomic E-state index is -0.145. The molecule has 2 fully saturated rings. The number of hydrogen-bond donors (Lipinski definition) is 2. The van der Waals surface area contributed by atoms with Gasteiger partial charge in [-0.3, -0.25) is 4.79 Å². The molecule has 7 nitrogen and oxygen atoms in total. The lowest BCUT2D eigenvalue weighted by Gasteiger charge is -2.34. The quantitative estimate of drug-likeness (QED) is 0.403. The van der Waals surface area contributed by atoms with Gasteiger partial charge in [0.1, 0.15) is 5.75 Å². The van der Waals surface area contributed by atoms with Crippen molar-refractivity contribution in [2.75, 3.05) is 36.9 Å². The molecule has 2 aliphatic carbocycles. The summed E-state index contributed by atoms with van der Waals surface area (Å²) >= 11 is 1.42. The molecule has 6 rings (SSSR count). The van der Waals surface area contributed by atoms with Crippen LogP contribution in [0, 0.1) is 5.92 Å². The number of nitrogens with zero attached hydrogens (tertiary/aromatic N) is 2. The molecular weight excluding hydrogens is 472 g/mol. The summed E-state index contributed by atoms with van der Waals surface area (Å²) in [5.74, 6) is 2.77. The first-order valence-electron chi connectivity index (χ1n) is 12.8. The first kappa shape index (κ1) is 24.6. The Morgan fingerprint density at radius 3 is 2.64 bits per heavy atom. The summed E-state index contributed by atoms with van der Waals surface area (Å²) < 4.78 is 14.9. The van der Waals surface area contributed by atoms with E-state index in [1.807, 2.05) is 19.9 Å². The van der Waals surface area contributed by atoms with Crippen LogP contribution in [0.3, 0.4) is 0 Å². The number of aromatic nitrogens is 1. The van der Waals surface area contributed by atoms with Crippen molar-refractivity contribution >= 4 is 29.4 Å². The van der Waals surface area contributed by atoms with E-state index in [2.05, 4.69) is 45.2 Å². The highest BCUT2D eigenvalue weighted by molar-refractivity contribution is 8.00. The Kier molecular flexibility index (Phi) is 6.64. The van der Waals surface area contributed by atoms with E-state index < -0.39 is 0 Å². The van der Waals surface area contributed by atoms with Gasteiger partial charge in [-0.05, 0) is 73.0 Å². The van der Waals surface area contributed by atoms with E-state index >= 15 is 0 Å². The average molecular weight is 507 g/mol. The number of anilines is 2. The van der Waals surface area contributed by atoms with Gasteiger partial charge in [0.2, 0.25) is 0 Å². The van der Waals surface area contributed by atoms with E-state index in [0.29, 0.717) is 17.2 Å². The second-order valence-corrected chi connectivity index (χ2v) is 10.3. The predicted octanol–water partition coefficient (Wildman–Crippen LogP) is 5.90. The van der Waals surface area contributed by atoms with Crippen LogP contribution in [-0.2, 0) is 11.8 Å². The van der Waals surface area contributed by atoms with E-state index in [4.69, 9.17) is 9.26 Å². The Morgan fingerprint density at radius 2 is 2.00 bits per heavy atom. The lowest BCUT2D eigenvalue weighted by molar-refractivity contribution is 0.0962. The van der Waals surface area contributed by atoms with Crippen molar-refractivity contribution < 1.29 is 14.1 Å². The van der Waals surface area contributed by atoms with Crippen molar-refractivity contribution in [3.05, 3.63) is 53.1 Å². The van der Waals surface area contributed by atoms with Gasteiger partial charge >= 0.3 is 0 Å². The number of carbonyl (C=O) groups is 1. The summed E-state index contributed by atoms with van der Waals surface area (Å²) in [4.78, 5) is 15.3. The van der Waals surface area contributed by atoms with Gasteiger partial charge in [0.05, 0.1) is 12.0 Å². The number of hydrogen-bond acceptors (Lipinski definition) is 7. The number of rotatable bonds is 6. The predicted molar refractivity (Wildman–Crippen MR) is 145 cm³/mol. The minimum Gasteiger partial charge on any atom is -0.495 e. The fourth-order valence-electron chi connectivity index (χ4n) is 5.35. The van der Waals surface area contributed by atoms with Crippen LogP contribution in [0.25, 0.3) is 11.3 Å². The maximum atomic E-state index is 12.0. The second kappa shape index (κ2) is 9.73. The molecule has 1 spiro atoms. The van der Waals surface area contributed by atoms with Crippen LogP contribution in [0.15, 0.2) is 45.8 Å². The molecule has 190 valence electrons. The van der Waals surface area contributed by atoms with Crippen molar-refractivity contribution in [1.82, 2.24) is 10.5 Å². The second-order valence-electron chi connectivity index (χ2n) is 9.50. The van der Waals surface area contributed by atoms with Crippen LogP contribution < -0.4 is 19.7 Å². The Labute approximate surface area is 217 Å². The lowest BCUT2D eigenvalue weighted by atomic mass is 9.77. The normalized spacial score (nSPS) is 20.9. The number of carbonyl (C=O) groups excluding carboxylic acids is 1. The highest BCUT2D eigenvalue weighted by Crippen LogP contribution is 2.62. The molecule has 2 aromatic carbocycles. The molecule has 1 aliphatic heterocycles. The Balaban J connectivity index is 0.00000130. The third-order valence-corrected chi connectivity index (χ3v) is 8.50. The third-order valence-electron chi connectivity index (χ3n) is 7.65. The minimum absolute atomic E-state index is 0.145. The molecule has 2 N–H and O–H groups in total. The molecule has 8 heteroatoms. The molecule has 1 aromatic heterocycles. The molecule has 1 saturated heterocycles. The maximum Gasteiger partial charge on any atom is 0.251 e. The standard InChI is InChI=1S/C26H28N4O3S.C2H6/c1-15-13-26(15)14-19-23(18-12-17(6-7-20(18)26)30-9-4-10-30)33-28-24(19)29-34-22-8-5-16(25(31)27-2)11-21(22)32-3;1-2/h5-8,11-12,15H,4,9-10,13-14H2,1-3H3,(H,27,31)(H,28,29);1-2H3. The molecule has 2 heterocycles. The summed E-state index contributed by atoms with van der Waals surface area (Å²) in [6, 6.07) is 12.3. The maximum absolute atomic E-state index is 12.0. The largest absolute Gasteiger partial charge is 0.495 e. The lowest BCUT2D eigenvalue weighted by Crippen LogP contribution is -2.37. The van der Waals surface area contributed by atoms with Gasteiger partial charge in [0.25, 0.3) is 5.91 Å². The fraction of sp³-hybridized carbons (Fsp3) is 0.429. The van der Waals surface area contributed by atoms with Crippen LogP contribution in [0.1, 0.15) is 55.1 Å². The SMILES string of the molecule is CC.CNC(=O)c1ccc(SNc2noc3c2CC2(CC2C)c2ccc(N4CCC4)cc2-3)c(OC)c1. The zero-order valence-electron chi connectivity index (χ0n) is 21.6. The highest BCUT2D eigenvalue weighted by atomic mass is 32.2. The Hall–Kier alpha value is -3.13. The van der Waals surface area contributed by atoms with Crippen molar-refractivity contribution in [3.8, 4) is 17.1 Å². The van der Waals surface area contributed by atoms with E-state index in [-0.39, 0.29) is 11.3 Å². The summed E-state index contributed by atoms with van der Waals surface area (Å²) in [5, 5.41) is 7.07. The molecule has 36 heavy (non-hydrogen) atoms. The van der Waals surface area contributed by atoms with Crippen LogP contribution in [0.5, 0.6) is 5.75 Å². The molecule has 0 radical (unpaired) electrons. The molecule has 3 aromatic rings. The molecule has 1 saturated carbocycles. The summed E-state index contributed by atoms with van der Waals surface area (Å²) in [6.45, 7) is 8.58. The highest BCUT2D eigenvalue weighted by Gasteiger charge is 2.56. The number of benzene rings is 2. The molecule has 1 amide bonds. The Morgan fingerprint density at radius 1 is 1.22 bits per heavy atom.